The third kappa shape index (κ3) is 6.34. The van der Waals surface area contributed by atoms with Crippen LogP contribution in [0.1, 0.15) is 61.0 Å². The molecule has 0 aromatic heterocycles. The molecule has 0 unspecified atom stereocenters. The Labute approximate surface area is 179 Å². The van der Waals surface area contributed by atoms with Crippen LogP contribution in [0.3, 0.4) is 0 Å². The predicted octanol–water partition coefficient (Wildman–Crippen LogP) is 5.44. The van der Waals surface area contributed by atoms with Gasteiger partial charge in [-0.25, -0.2) is 0 Å². The van der Waals surface area contributed by atoms with E-state index in [1.807, 2.05) is 39.0 Å². The Hall–Kier alpha value is -2.82. The monoisotopic (exact) mass is 412 g/mol. The third-order valence-electron chi connectivity index (χ3n) is 5.43. The number of rotatable bonds is 11. The predicted molar refractivity (Wildman–Crippen MR) is 118 cm³/mol. The number of hydrogen-bond acceptors (Lipinski definition) is 5. The molecule has 30 heavy (non-hydrogen) atoms. The van der Waals surface area contributed by atoms with Gasteiger partial charge in [0.15, 0.2) is 5.78 Å². The van der Waals surface area contributed by atoms with Crippen LogP contribution in [-0.2, 0) is 4.79 Å². The third-order valence-corrected chi connectivity index (χ3v) is 5.43. The fraction of sp³-hybridized carbons (Fsp3) is 0.440. The molecule has 5 heteroatoms. The number of aromatic hydroxyl groups is 1. The zero-order valence-corrected chi connectivity index (χ0v) is 18.6. The van der Waals surface area contributed by atoms with E-state index in [1.165, 1.54) is 6.07 Å². The molecule has 0 atom stereocenters. The molecule has 0 amide bonds. The van der Waals surface area contributed by atoms with E-state index in [-0.39, 0.29) is 30.2 Å². The van der Waals surface area contributed by atoms with Crippen molar-refractivity contribution < 1.29 is 24.2 Å². The van der Waals surface area contributed by atoms with Crippen LogP contribution < -0.4 is 9.47 Å². The fourth-order valence-corrected chi connectivity index (χ4v) is 3.32. The maximum atomic E-state index is 12.7. The smallest absolute Gasteiger partial charge is 0.163 e. The Morgan fingerprint density at radius 2 is 1.73 bits per heavy atom. The van der Waals surface area contributed by atoms with Crippen LogP contribution in [0.15, 0.2) is 36.4 Å². The molecular weight excluding hydrogens is 380 g/mol. The van der Waals surface area contributed by atoms with E-state index in [4.69, 9.17) is 9.47 Å². The number of benzene rings is 2. The molecule has 162 valence electrons. The molecule has 2 aromatic rings. The first kappa shape index (κ1) is 23.5. The lowest BCUT2D eigenvalue weighted by Crippen LogP contribution is -2.25. The van der Waals surface area contributed by atoms with Crippen molar-refractivity contribution in [2.24, 2.45) is 5.41 Å². The van der Waals surface area contributed by atoms with Gasteiger partial charge in [-0.15, -0.1) is 0 Å². The van der Waals surface area contributed by atoms with E-state index in [9.17, 15) is 14.7 Å². The van der Waals surface area contributed by atoms with Crippen molar-refractivity contribution in [1.29, 1.82) is 0 Å². The standard InChI is InChI=1S/C25H32O5/c1-17-15-19(7-9-21(17)26)22(27)10-12-24(28)25(3,4)13-6-14-30-20-8-11-23(29-5)18(2)16-20/h7-9,11,15-16,26H,6,10,12-14H2,1-5H3. The van der Waals surface area contributed by atoms with Gasteiger partial charge in [-0.1, -0.05) is 13.8 Å². The van der Waals surface area contributed by atoms with Crippen LogP contribution in [0.4, 0.5) is 0 Å². The summed E-state index contributed by atoms with van der Waals surface area (Å²) < 4.78 is 11.0. The maximum absolute atomic E-state index is 12.7. The van der Waals surface area contributed by atoms with Crippen molar-refractivity contribution in [3.8, 4) is 17.2 Å². The lowest BCUT2D eigenvalue weighted by molar-refractivity contribution is -0.127. The molecule has 0 radical (unpaired) electrons. The Morgan fingerprint density at radius 3 is 2.37 bits per heavy atom. The molecule has 0 bridgehead atoms. The van der Waals surface area contributed by atoms with Gasteiger partial charge in [0.05, 0.1) is 13.7 Å². The average Bonchev–Trinajstić information content (AvgIpc) is 2.71. The summed E-state index contributed by atoms with van der Waals surface area (Å²) in [6, 6.07) is 10.5. The van der Waals surface area contributed by atoms with Crippen LogP contribution in [-0.4, -0.2) is 30.4 Å². The molecule has 0 heterocycles. The zero-order valence-electron chi connectivity index (χ0n) is 18.6. The molecule has 0 saturated heterocycles. The Bertz CT molecular complexity index is 898. The van der Waals surface area contributed by atoms with Gasteiger partial charge in [0, 0.05) is 23.8 Å². The van der Waals surface area contributed by atoms with Gasteiger partial charge < -0.3 is 14.6 Å². The summed E-state index contributed by atoms with van der Waals surface area (Å²) in [5.41, 5.74) is 1.68. The van der Waals surface area contributed by atoms with Crippen molar-refractivity contribution in [3.63, 3.8) is 0 Å². The number of Topliss-reactive ketones (excluding diaryl/α,β-unsaturated/α-hetero) is 2. The number of ketones is 2. The number of phenolic OH excluding ortho intramolecular Hbond substituents is 1. The Morgan fingerprint density at radius 1 is 1.00 bits per heavy atom. The van der Waals surface area contributed by atoms with E-state index in [0.29, 0.717) is 24.2 Å². The van der Waals surface area contributed by atoms with Crippen LogP contribution in [0.25, 0.3) is 0 Å². The fourth-order valence-electron chi connectivity index (χ4n) is 3.32. The van der Waals surface area contributed by atoms with E-state index in [2.05, 4.69) is 0 Å². The average molecular weight is 413 g/mol. The summed E-state index contributed by atoms with van der Waals surface area (Å²) >= 11 is 0. The van der Waals surface area contributed by atoms with E-state index >= 15 is 0 Å². The van der Waals surface area contributed by atoms with E-state index in [1.54, 1.807) is 26.2 Å². The highest BCUT2D eigenvalue weighted by Crippen LogP contribution is 2.28. The summed E-state index contributed by atoms with van der Waals surface area (Å²) in [4.78, 5) is 25.0. The number of aryl methyl sites for hydroxylation is 2. The first-order valence-corrected chi connectivity index (χ1v) is 10.3. The van der Waals surface area contributed by atoms with E-state index in [0.717, 1.165) is 23.5 Å². The zero-order chi connectivity index (χ0) is 22.3. The van der Waals surface area contributed by atoms with Crippen molar-refractivity contribution >= 4 is 11.6 Å². The van der Waals surface area contributed by atoms with Crippen LogP contribution >= 0.6 is 0 Å². The molecule has 5 nitrogen and oxygen atoms in total. The van der Waals surface area contributed by atoms with Gasteiger partial charge in [0.25, 0.3) is 0 Å². The minimum atomic E-state index is -0.510. The highest BCUT2D eigenvalue weighted by molar-refractivity contribution is 5.99. The molecule has 2 rings (SSSR count). The summed E-state index contributed by atoms with van der Waals surface area (Å²) in [7, 11) is 1.64. The molecule has 0 saturated carbocycles. The maximum Gasteiger partial charge on any atom is 0.163 e. The number of hydrogen-bond donors (Lipinski definition) is 1. The summed E-state index contributed by atoms with van der Waals surface area (Å²) in [5, 5.41) is 9.58. The Balaban J connectivity index is 1.78. The van der Waals surface area contributed by atoms with E-state index < -0.39 is 5.41 Å². The highest BCUT2D eigenvalue weighted by Gasteiger charge is 2.27. The molecule has 1 N–H and O–H groups in total. The van der Waals surface area contributed by atoms with Crippen LogP contribution in [0, 0.1) is 19.3 Å². The van der Waals surface area contributed by atoms with Gasteiger partial charge in [0.2, 0.25) is 0 Å². The van der Waals surface area contributed by atoms with Gasteiger partial charge >= 0.3 is 0 Å². The second-order valence-corrected chi connectivity index (χ2v) is 8.31. The van der Waals surface area contributed by atoms with Crippen LogP contribution in [0.5, 0.6) is 17.2 Å². The largest absolute Gasteiger partial charge is 0.508 e. The first-order chi connectivity index (χ1) is 14.1. The minimum Gasteiger partial charge on any atom is -0.508 e. The van der Waals surface area contributed by atoms with Crippen molar-refractivity contribution in [3.05, 3.63) is 53.1 Å². The molecule has 0 spiro atoms. The summed E-state index contributed by atoms with van der Waals surface area (Å²) in [6.45, 7) is 8.07. The second kappa shape index (κ2) is 10.3. The number of phenols is 1. The van der Waals surface area contributed by atoms with Crippen LogP contribution in [0.2, 0.25) is 0 Å². The first-order valence-electron chi connectivity index (χ1n) is 10.3. The molecule has 0 aliphatic carbocycles. The quantitative estimate of drug-likeness (QED) is 0.393. The number of carbonyl (C=O) groups excluding carboxylic acids is 2. The van der Waals surface area contributed by atoms with Gasteiger partial charge in [-0.3, -0.25) is 9.59 Å². The van der Waals surface area contributed by atoms with Crippen molar-refractivity contribution in [2.45, 2.75) is 53.4 Å². The minimum absolute atomic E-state index is 0.0756. The number of methoxy groups -OCH3 is 1. The van der Waals surface area contributed by atoms with Crippen molar-refractivity contribution in [1.82, 2.24) is 0 Å². The molecule has 0 aliphatic heterocycles. The SMILES string of the molecule is COc1ccc(OCCCC(C)(C)C(=O)CCC(=O)c2ccc(O)c(C)c2)cc1C. The lowest BCUT2D eigenvalue weighted by Gasteiger charge is -2.23. The Kier molecular flexibility index (Phi) is 8.04. The molecule has 0 fully saturated rings. The topological polar surface area (TPSA) is 72.8 Å². The summed E-state index contributed by atoms with van der Waals surface area (Å²) in [6.07, 6.45) is 1.82. The molecule has 0 aliphatic rings. The summed E-state index contributed by atoms with van der Waals surface area (Å²) in [5.74, 6) is 1.76. The normalized spacial score (nSPS) is 11.2. The number of carbonyl (C=O) groups is 2. The molecule has 2 aromatic carbocycles. The van der Waals surface area contributed by atoms with Gasteiger partial charge in [-0.2, -0.15) is 0 Å². The highest BCUT2D eigenvalue weighted by atomic mass is 16.5. The van der Waals surface area contributed by atoms with Crippen molar-refractivity contribution in [2.75, 3.05) is 13.7 Å². The number of ether oxygens (including phenoxy) is 2. The van der Waals surface area contributed by atoms with Gasteiger partial charge in [0.1, 0.15) is 23.0 Å². The second-order valence-electron chi connectivity index (χ2n) is 8.31. The lowest BCUT2D eigenvalue weighted by atomic mass is 9.81. The molecular formula is C25H32O5. The van der Waals surface area contributed by atoms with Gasteiger partial charge in [-0.05, 0) is 74.2 Å².